The van der Waals surface area contributed by atoms with Crippen LogP contribution < -0.4 is 0 Å². The summed E-state index contributed by atoms with van der Waals surface area (Å²) >= 11 is 0.944. The molecule has 0 N–H and O–H groups in total. The molecule has 0 amide bonds. The van der Waals surface area contributed by atoms with E-state index in [1.165, 1.54) is 6.92 Å². The topological polar surface area (TPSA) is 34.1 Å². The molecule has 0 atom stereocenters. The Morgan fingerprint density at radius 1 is 1.43 bits per heavy atom. The highest BCUT2D eigenvalue weighted by atomic mass is 32.2. The van der Waals surface area contributed by atoms with Crippen molar-refractivity contribution in [2.75, 3.05) is 6.26 Å². The van der Waals surface area contributed by atoms with E-state index in [0.29, 0.717) is 0 Å². The summed E-state index contributed by atoms with van der Waals surface area (Å²) in [4.78, 5) is 20.1. The highest BCUT2D eigenvalue weighted by Gasteiger charge is 2.02. The minimum atomic E-state index is -0.382. The van der Waals surface area contributed by atoms with E-state index < -0.39 is 0 Å². The molecular formula is C4H6O2S. The van der Waals surface area contributed by atoms with E-state index in [9.17, 15) is 9.59 Å². The third kappa shape index (κ3) is 2.39. The summed E-state index contributed by atoms with van der Waals surface area (Å²) in [6.07, 6.45) is 1.59. The molecule has 2 nitrogen and oxygen atoms in total. The molecule has 0 rings (SSSR count). The monoisotopic (exact) mass is 118 g/mol. The van der Waals surface area contributed by atoms with Crippen molar-refractivity contribution in [1.29, 1.82) is 0 Å². The quantitative estimate of drug-likeness (QED) is 0.469. The van der Waals surface area contributed by atoms with Crippen LogP contribution in [-0.4, -0.2) is 17.2 Å². The Bertz CT molecular complexity index is 97.9. The van der Waals surface area contributed by atoms with Crippen LogP contribution in [0.4, 0.5) is 0 Å². The second kappa shape index (κ2) is 2.80. The van der Waals surface area contributed by atoms with Crippen LogP contribution in [0.3, 0.4) is 0 Å². The maximum absolute atomic E-state index is 10.1. The van der Waals surface area contributed by atoms with Gasteiger partial charge in [0.25, 0.3) is 5.12 Å². The van der Waals surface area contributed by atoms with E-state index in [4.69, 9.17) is 0 Å². The Morgan fingerprint density at radius 3 is 1.86 bits per heavy atom. The molecule has 0 saturated heterocycles. The van der Waals surface area contributed by atoms with E-state index in [-0.39, 0.29) is 10.9 Å². The van der Waals surface area contributed by atoms with Gasteiger partial charge in [-0.3, -0.25) is 9.59 Å². The SMILES string of the molecule is CSC(=O)C(C)=O. The molecule has 0 unspecified atom stereocenters. The van der Waals surface area contributed by atoms with Gasteiger partial charge in [-0.1, -0.05) is 11.8 Å². The van der Waals surface area contributed by atoms with E-state index in [1.54, 1.807) is 6.26 Å². The average Bonchev–Trinajstić information content (AvgIpc) is 1.65. The number of hydrogen-bond donors (Lipinski definition) is 0. The Balaban J connectivity index is 3.58. The van der Waals surface area contributed by atoms with Gasteiger partial charge in [-0.05, 0) is 6.26 Å². The molecule has 0 spiro atoms. The van der Waals surface area contributed by atoms with Crippen molar-refractivity contribution >= 4 is 22.7 Å². The van der Waals surface area contributed by atoms with Crippen LogP contribution in [0.15, 0.2) is 0 Å². The van der Waals surface area contributed by atoms with Gasteiger partial charge in [0.15, 0.2) is 0 Å². The molecule has 0 aliphatic rings. The van der Waals surface area contributed by atoms with E-state index in [2.05, 4.69) is 0 Å². The summed E-state index contributed by atoms with van der Waals surface area (Å²) in [6, 6.07) is 0. The fraction of sp³-hybridized carbons (Fsp3) is 0.500. The van der Waals surface area contributed by atoms with Gasteiger partial charge in [-0.25, -0.2) is 0 Å². The molecule has 0 aromatic rings. The summed E-state index contributed by atoms with van der Waals surface area (Å²) in [5.41, 5.74) is 0. The van der Waals surface area contributed by atoms with Crippen LogP contribution in [0.5, 0.6) is 0 Å². The van der Waals surface area contributed by atoms with Gasteiger partial charge in [0.1, 0.15) is 0 Å². The zero-order valence-corrected chi connectivity index (χ0v) is 5.04. The molecule has 0 aromatic carbocycles. The largest absolute Gasteiger partial charge is 0.290 e. The number of carbonyl (C=O) groups excluding carboxylic acids is 2. The maximum Gasteiger partial charge on any atom is 0.254 e. The molecule has 0 fully saturated rings. The van der Waals surface area contributed by atoms with Crippen molar-refractivity contribution in [3.8, 4) is 0 Å². The maximum atomic E-state index is 10.1. The summed E-state index contributed by atoms with van der Waals surface area (Å²) in [5.74, 6) is -0.382. The van der Waals surface area contributed by atoms with Gasteiger partial charge in [-0.15, -0.1) is 0 Å². The lowest BCUT2D eigenvalue weighted by atomic mass is 10.5. The Kier molecular flexibility index (Phi) is 2.67. The Labute approximate surface area is 46.3 Å². The van der Waals surface area contributed by atoms with Gasteiger partial charge >= 0.3 is 0 Å². The van der Waals surface area contributed by atoms with Crippen molar-refractivity contribution < 1.29 is 9.59 Å². The number of Topliss-reactive ketones (excluding diaryl/α,β-unsaturated/α-hetero) is 1. The summed E-state index contributed by atoms with van der Waals surface area (Å²) in [6.45, 7) is 1.26. The van der Waals surface area contributed by atoms with Crippen LogP contribution in [0.25, 0.3) is 0 Å². The van der Waals surface area contributed by atoms with Crippen LogP contribution in [0.1, 0.15) is 6.92 Å². The average molecular weight is 118 g/mol. The van der Waals surface area contributed by atoms with Crippen LogP contribution in [0.2, 0.25) is 0 Å². The zero-order valence-electron chi connectivity index (χ0n) is 4.22. The normalized spacial score (nSPS) is 8.29. The molecule has 0 heterocycles. The first kappa shape index (κ1) is 6.69. The van der Waals surface area contributed by atoms with E-state index in [1.807, 2.05) is 0 Å². The van der Waals surface area contributed by atoms with Gasteiger partial charge in [0.05, 0.1) is 0 Å². The molecule has 0 aliphatic heterocycles. The van der Waals surface area contributed by atoms with Crippen LogP contribution >= 0.6 is 11.8 Å². The minimum absolute atomic E-state index is 0.375. The predicted octanol–water partition coefficient (Wildman–Crippen LogP) is 0.465. The molecule has 0 saturated carbocycles. The van der Waals surface area contributed by atoms with Gasteiger partial charge in [0, 0.05) is 6.92 Å². The fourth-order valence-corrected chi connectivity index (χ4v) is 0.431. The molecule has 0 aromatic heterocycles. The highest BCUT2D eigenvalue weighted by molar-refractivity contribution is 8.14. The van der Waals surface area contributed by atoms with Gasteiger partial charge in [0.2, 0.25) is 5.78 Å². The first-order valence-electron chi connectivity index (χ1n) is 1.77. The highest BCUT2D eigenvalue weighted by Crippen LogP contribution is 1.93. The summed E-state index contributed by atoms with van der Waals surface area (Å²) in [7, 11) is 0. The van der Waals surface area contributed by atoms with Crippen molar-refractivity contribution in [1.82, 2.24) is 0 Å². The van der Waals surface area contributed by atoms with Crippen molar-refractivity contribution in [3.63, 3.8) is 0 Å². The third-order valence-corrected chi connectivity index (χ3v) is 1.13. The Hall–Kier alpha value is -0.310. The Morgan fingerprint density at radius 2 is 1.86 bits per heavy atom. The molecule has 3 heteroatoms. The number of hydrogen-bond acceptors (Lipinski definition) is 3. The number of rotatable bonds is 1. The summed E-state index contributed by atoms with van der Waals surface area (Å²) in [5, 5.41) is -0.375. The van der Waals surface area contributed by atoms with Crippen molar-refractivity contribution in [2.45, 2.75) is 6.92 Å². The molecule has 0 radical (unpaired) electrons. The molecule has 0 aliphatic carbocycles. The molecule has 0 bridgehead atoms. The number of thioether (sulfide) groups is 1. The van der Waals surface area contributed by atoms with E-state index in [0.717, 1.165) is 11.8 Å². The zero-order chi connectivity index (χ0) is 5.86. The fourth-order valence-electron chi connectivity index (χ4n) is 0.144. The van der Waals surface area contributed by atoms with Gasteiger partial charge in [-0.2, -0.15) is 0 Å². The second-order valence-corrected chi connectivity index (χ2v) is 1.83. The standard InChI is InChI=1S/C4H6O2S/c1-3(5)4(6)7-2/h1-2H3. The summed E-state index contributed by atoms with van der Waals surface area (Å²) < 4.78 is 0. The molecule has 40 valence electrons. The second-order valence-electron chi connectivity index (χ2n) is 1.05. The van der Waals surface area contributed by atoms with Crippen LogP contribution in [-0.2, 0) is 9.59 Å². The van der Waals surface area contributed by atoms with Gasteiger partial charge < -0.3 is 0 Å². The lowest BCUT2D eigenvalue weighted by molar-refractivity contribution is -0.130. The first-order chi connectivity index (χ1) is 3.18. The third-order valence-electron chi connectivity index (χ3n) is 0.473. The first-order valence-corrected chi connectivity index (χ1v) is 3.00. The number of carbonyl (C=O) groups is 2. The van der Waals surface area contributed by atoms with Crippen LogP contribution in [0, 0.1) is 0 Å². The van der Waals surface area contributed by atoms with Crippen molar-refractivity contribution in [2.24, 2.45) is 0 Å². The predicted molar refractivity (Wildman–Crippen MR) is 29.2 cm³/mol. The van der Waals surface area contributed by atoms with Crippen molar-refractivity contribution in [3.05, 3.63) is 0 Å². The molecule has 7 heavy (non-hydrogen) atoms. The number of ketones is 1. The molecular weight excluding hydrogens is 112 g/mol. The van der Waals surface area contributed by atoms with E-state index >= 15 is 0 Å². The minimum Gasteiger partial charge on any atom is -0.290 e. The lowest BCUT2D eigenvalue weighted by Gasteiger charge is -1.81. The lowest BCUT2D eigenvalue weighted by Crippen LogP contribution is -2.01. The smallest absolute Gasteiger partial charge is 0.254 e.